The zero-order chi connectivity index (χ0) is 14.3. The van der Waals surface area contributed by atoms with E-state index in [0.29, 0.717) is 17.4 Å². The quantitative estimate of drug-likeness (QED) is 0.768. The van der Waals surface area contributed by atoms with Gasteiger partial charge in [-0.3, -0.25) is 9.59 Å². The Morgan fingerprint density at radius 1 is 1.32 bits per heavy atom. The second-order valence-corrected chi connectivity index (χ2v) is 6.08. The van der Waals surface area contributed by atoms with Crippen LogP contribution in [-0.4, -0.2) is 10.4 Å². The Hall–Kier alpha value is -1.38. The zero-order valence-electron chi connectivity index (χ0n) is 12.5. The standard InChI is InChI=1S/C16H23NO2/c1-9(2)12-6-7-13-14(8-12)10(3)17(5)16(19)15(13)11(4)18/h9,12H,6-8H2,1-5H3. The molecule has 1 aliphatic carbocycles. The van der Waals surface area contributed by atoms with Crippen molar-refractivity contribution in [2.75, 3.05) is 0 Å². The van der Waals surface area contributed by atoms with Gasteiger partial charge in [-0.1, -0.05) is 13.8 Å². The van der Waals surface area contributed by atoms with Crippen LogP contribution in [0.25, 0.3) is 0 Å². The summed E-state index contributed by atoms with van der Waals surface area (Å²) in [6.45, 7) is 7.99. The molecular formula is C16H23NO2. The maximum absolute atomic E-state index is 12.3. The molecule has 1 unspecified atom stereocenters. The van der Waals surface area contributed by atoms with Gasteiger partial charge in [0, 0.05) is 12.7 Å². The Labute approximate surface area is 114 Å². The molecular weight excluding hydrogens is 238 g/mol. The van der Waals surface area contributed by atoms with Gasteiger partial charge in [0.25, 0.3) is 5.56 Å². The van der Waals surface area contributed by atoms with E-state index in [2.05, 4.69) is 13.8 Å². The lowest BCUT2D eigenvalue weighted by Gasteiger charge is -2.30. The number of pyridine rings is 1. The van der Waals surface area contributed by atoms with E-state index in [-0.39, 0.29) is 11.3 Å². The fraction of sp³-hybridized carbons (Fsp3) is 0.625. The molecule has 1 aromatic heterocycles. The lowest BCUT2D eigenvalue weighted by molar-refractivity contribution is 0.101. The van der Waals surface area contributed by atoms with Crippen LogP contribution in [0, 0.1) is 18.8 Å². The smallest absolute Gasteiger partial charge is 0.261 e. The van der Waals surface area contributed by atoms with Gasteiger partial charge in [0.15, 0.2) is 5.78 Å². The molecule has 0 radical (unpaired) electrons. The summed E-state index contributed by atoms with van der Waals surface area (Å²) in [6, 6.07) is 0. The molecule has 0 saturated carbocycles. The molecule has 2 rings (SSSR count). The molecule has 104 valence electrons. The summed E-state index contributed by atoms with van der Waals surface area (Å²) in [5, 5.41) is 0. The number of rotatable bonds is 2. The maximum Gasteiger partial charge on any atom is 0.261 e. The number of ketones is 1. The molecule has 0 N–H and O–H groups in total. The summed E-state index contributed by atoms with van der Waals surface area (Å²) in [5.74, 6) is 1.20. The first-order valence-electron chi connectivity index (χ1n) is 7.06. The zero-order valence-corrected chi connectivity index (χ0v) is 12.5. The van der Waals surface area contributed by atoms with Crippen molar-refractivity contribution in [3.63, 3.8) is 0 Å². The van der Waals surface area contributed by atoms with Crippen LogP contribution in [0.15, 0.2) is 4.79 Å². The first-order valence-corrected chi connectivity index (χ1v) is 7.06. The molecule has 3 heteroatoms. The minimum atomic E-state index is -0.133. The number of nitrogens with zero attached hydrogens (tertiary/aromatic N) is 1. The van der Waals surface area contributed by atoms with Crippen LogP contribution in [-0.2, 0) is 19.9 Å². The van der Waals surface area contributed by atoms with Crippen LogP contribution in [0.3, 0.4) is 0 Å². The summed E-state index contributed by atoms with van der Waals surface area (Å²) in [6.07, 6.45) is 2.94. The first kappa shape index (κ1) is 14.0. The van der Waals surface area contributed by atoms with Gasteiger partial charge in [-0.25, -0.2) is 0 Å². The van der Waals surface area contributed by atoms with Crippen molar-refractivity contribution < 1.29 is 4.79 Å². The summed E-state index contributed by atoms with van der Waals surface area (Å²) >= 11 is 0. The molecule has 0 aromatic carbocycles. The Morgan fingerprint density at radius 3 is 2.47 bits per heavy atom. The van der Waals surface area contributed by atoms with Gasteiger partial charge in [0.2, 0.25) is 0 Å². The van der Waals surface area contributed by atoms with Gasteiger partial charge in [-0.2, -0.15) is 0 Å². The van der Waals surface area contributed by atoms with Crippen LogP contribution in [0.4, 0.5) is 0 Å². The van der Waals surface area contributed by atoms with Crippen molar-refractivity contribution in [3.8, 4) is 0 Å². The van der Waals surface area contributed by atoms with E-state index < -0.39 is 0 Å². The molecule has 0 bridgehead atoms. The second-order valence-electron chi connectivity index (χ2n) is 6.08. The van der Waals surface area contributed by atoms with E-state index in [4.69, 9.17) is 0 Å². The maximum atomic E-state index is 12.3. The Balaban J connectivity index is 2.65. The SMILES string of the molecule is CC(=O)c1c2c(c(C)n(C)c1=O)CC(C(C)C)CC2. The average Bonchev–Trinajstić information content (AvgIpc) is 2.35. The van der Waals surface area contributed by atoms with Crippen LogP contribution in [0.5, 0.6) is 0 Å². The third-order valence-corrected chi connectivity index (χ3v) is 4.65. The van der Waals surface area contributed by atoms with E-state index in [1.165, 1.54) is 12.5 Å². The summed E-state index contributed by atoms with van der Waals surface area (Å²) < 4.78 is 1.64. The van der Waals surface area contributed by atoms with E-state index in [1.807, 2.05) is 6.92 Å². The number of carbonyl (C=O) groups excluding carboxylic acids is 1. The minimum absolute atomic E-state index is 0.0974. The van der Waals surface area contributed by atoms with Gasteiger partial charge < -0.3 is 4.57 Å². The third kappa shape index (κ3) is 2.26. The van der Waals surface area contributed by atoms with Gasteiger partial charge in [-0.05, 0) is 56.1 Å². The van der Waals surface area contributed by atoms with Crippen LogP contribution in [0.1, 0.15) is 54.4 Å². The van der Waals surface area contributed by atoms with Gasteiger partial charge >= 0.3 is 0 Å². The number of carbonyl (C=O) groups is 1. The predicted molar refractivity (Wildman–Crippen MR) is 76.8 cm³/mol. The van der Waals surface area contributed by atoms with Gasteiger partial charge in [0.1, 0.15) is 0 Å². The Morgan fingerprint density at radius 2 is 1.95 bits per heavy atom. The monoisotopic (exact) mass is 261 g/mol. The molecule has 0 fully saturated rings. The van der Waals surface area contributed by atoms with Crippen molar-refractivity contribution >= 4 is 5.78 Å². The average molecular weight is 261 g/mol. The normalized spacial score (nSPS) is 18.5. The fourth-order valence-corrected chi connectivity index (χ4v) is 3.19. The third-order valence-electron chi connectivity index (χ3n) is 4.65. The highest BCUT2D eigenvalue weighted by Crippen LogP contribution is 2.32. The fourth-order valence-electron chi connectivity index (χ4n) is 3.19. The lowest BCUT2D eigenvalue weighted by atomic mass is 9.76. The second kappa shape index (κ2) is 4.95. The molecule has 0 amide bonds. The highest BCUT2D eigenvalue weighted by molar-refractivity contribution is 5.95. The van der Waals surface area contributed by atoms with E-state index in [0.717, 1.165) is 30.5 Å². The van der Waals surface area contributed by atoms with Crippen LogP contribution in [0.2, 0.25) is 0 Å². The van der Waals surface area contributed by atoms with Crippen molar-refractivity contribution in [1.82, 2.24) is 4.57 Å². The summed E-state index contributed by atoms with van der Waals surface area (Å²) in [4.78, 5) is 24.1. The summed E-state index contributed by atoms with van der Waals surface area (Å²) in [7, 11) is 1.77. The van der Waals surface area contributed by atoms with Crippen molar-refractivity contribution in [3.05, 3.63) is 32.7 Å². The molecule has 1 atom stereocenters. The molecule has 0 spiro atoms. The largest absolute Gasteiger partial charge is 0.315 e. The number of fused-ring (bicyclic) bond motifs is 1. The number of aromatic nitrogens is 1. The highest BCUT2D eigenvalue weighted by atomic mass is 16.1. The first-order chi connectivity index (χ1) is 8.84. The van der Waals surface area contributed by atoms with E-state index >= 15 is 0 Å². The molecule has 0 aliphatic heterocycles. The topological polar surface area (TPSA) is 39.1 Å². The number of Topliss-reactive ketones (excluding diaryl/α,β-unsaturated/α-hetero) is 1. The lowest BCUT2D eigenvalue weighted by Crippen LogP contribution is -2.32. The minimum Gasteiger partial charge on any atom is -0.315 e. The van der Waals surface area contributed by atoms with Crippen molar-refractivity contribution in [2.24, 2.45) is 18.9 Å². The molecule has 19 heavy (non-hydrogen) atoms. The number of hydrogen-bond acceptors (Lipinski definition) is 2. The molecule has 0 saturated heterocycles. The van der Waals surface area contributed by atoms with Crippen LogP contribution < -0.4 is 5.56 Å². The predicted octanol–water partition coefficient (Wildman–Crippen LogP) is 2.66. The summed E-state index contributed by atoms with van der Waals surface area (Å²) in [5.41, 5.74) is 3.56. The Bertz CT molecular complexity index is 581. The van der Waals surface area contributed by atoms with Gasteiger partial charge in [-0.15, -0.1) is 0 Å². The molecule has 3 nitrogen and oxygen atoms in total. The van der Waals surface area contributed by atoms with Gasteiger partial charge in [0.05, 0.1) is 5.56 Å². The Kier molecular flexibility index (Phi) is 3.66. The van der Waals surface area contributed by atoms with Crippen LogP contribution >= 0.6 is 0 Å². The highest BCUT2D eigenvalue weighted by Gasteiger charge is 2.28. The van der Waals surface area contributed by atoms with E-state index in [9.17, 15) is 9.59 Å². The molecule has 1 heterocycles. The molecule has 1 aromatic rings. The van der Waals surface area contributed by atoms with E-state index in [1.54, 1.807) is 11.6 Å². The number of hydrogen-bond donors (Lipinski definition) is 0. The van der Waals surface area contributed by atoms with Crippen molar-refractivity contribution in [1.29, 1.82) is 0 Å². The molecule has 1 aliphatic rings. The van der Waals surface area contributed by atoms with Crippen molar-refractivity contribution in [2.45, 2.75) is 47.0 Å².